The predicted octanol–water partition coefficient (Wildman–Crippen LogP) is 3.36. The smallest absolute Gasteiger partial charge is 0.410 e. The number of nitriles is 1. The van der Waals surface area contributed by atoms with Crippen LogP contribution in [0.1, 0.15) is 44.1 Å². The van der Waals surface area contributed by atoms with Gasteiger partial charge in [-0.1, -0.05) is 0 Å². The molecule has 0 unspecified atom stereocenters. The van der Waals surface area contributed by atoms with E-state index in [1.807, 2.05) is 32.2 Å². The second kappa shape index (κ2) is 7.80. The Balaban J connectivity index is 1.67. The lowest BCUT2D eigenvalue weighted by molar-refractivity contribution is 0.0184. The molecule has 1 N–H and O–H groups in total. The van der Waals surface area contributed by atoms with Crippen molar-refractivity contribution in [2.75, 3.05) is 19.6 Å². The molecule has 1 aromatic heterocycles. The molecular formula is C17H25N3O2S. The van der Waals surface area contributed by atoms with Gasteiger partial charge in [0.15, 0.2) is 0 Å². The second-order valence-electron chi connectivity index (χ2n) is 6.96. The van der Waals surface area contributed by atoms with Crippen molar-refractivity contribution in [2.45, 2.75) is 45.8 Å². The molecule has 2 heterocycles. The molecule has 1 saturated heterocycles. The van der Waals surface area contributed by atoms with Crippen LogP contribution in [-0.4, -0.2) is 36.2 Å². The maximum Gasteiger partial charge on any atom is 0.410 e. The van der Waals surface area contributed by atoms with Crippen molar-refractivity contribution in [1.29, 1.82) is 5.26 Å². The van der Waals surface area contributed by atoms with E-state index in [1.54, 1.807) is 16.2 Å². The third-order valence-electron chi connectivity index (χ3n) is 3.78. The lowest BCUT2D eigenvalue weighted by Gasteiger charge is -2.33. The van der Waals surface area contributed by atoms with Crippen molar-refractivity contribution in [3.05, 3.63) is 21.9 Å². The topological polar surface area (TPSA) is 65.4 Å². The van der Waals surface area contributed by atoms with Crippen LogP contribution in [0.5, 0.6) is 0 Å². The predicted molar refractivity (Wildman–Crippen MR) is 91.3 cm³/mol. The van der Waals surface area contributed by atoms with Gasteiger partial charge in [0.05, 0.1) is 5.56 Å². The number of hydrogen-bond donors (Lipinski definition) is 1. The molecule has 0 aliphatic carbocycles. The van der Waals surface area contributed by atoms with Gasteiger partial charge in [-0.15, -0.1) is 11.3 Å². The number of piperidine rings is 1. The first-order valence-corrected chi connectivity index (χ1v) is 8.91. The molecule has 126 valence electrons. The molecule has 2 rings (SSSR count). The van der Waals surface area contributed by atoms with Gasteiger partial charge in [-0.3, -0.25) is 0 Å². The van der Waals surface area contributed by atoms with Crippen LogP contribution >= 0.6 is 11.3 Å². The summed E-state index contributed by atoms with van der Waals surface area (Å²) < 4.78 is 5.41. The summed E-state index contributed by atoms with van der Waals surface area (Å²) in [6.45, 7) is 8.95. The van der Waals surface area contributed by atoms with Crippen molar-refractivity contribution in [1.82, 2.24) is 10.2 Å². The molecule has 6 heteroatoms. The molecule has 1 aliphatic rings. The first-order chi connectivity index (χ1) is 10.9. The number of amides is 1. The summed E-state index contributed by atoms with van der Waals surface area (Å²) >= 11 is 1.62. The van der Waals surface area contributed by atoms with E-state index in [1.165, 1.54) is 4.88 Å². The molecule has 5 nitrogen and oxygen atoms in total. The van der Waals surface area contributed by atoms with Gasteiger partial charge in [-0.2, -0.15) is 5.26 Å². The molecule has 1 aromatic rings. The Morgan fingerprint density at radius 3 is 2.74 bits per heavy atom. The Morgan fingerprint density at radius 1 is 1.48 bits per heavy atom. The van der Waals surface area contributed by atoms with Crippen molar-refractivity contribution < 1.29 is 9.53 Å². The van der Waals surface area contributed by atoms with Crippen LogP contribution < -0.4 is 5.32 Å². The quantitative estimate of drug-likeness (QED) is 0.916. The minimum Gasteiger partial charge on any atom is -0.444 e. The fourth-order valence-electron chi connectivity index (χ4n) is 2.58. The van der Waals surface area contributed by atoms with E-state index in [0.29, 0.717) is 5.92 Å². The van der Waals surface area contributed by atoms with Gasteiger partial charge in [0.2, 0.25) is 0 Å². The highest BCUT2D eigenvalue weighted by molar-refractivity contribution is 7.10. The van der Waals surface area contributed by atoms with E-state index in [4.69, 9.17) is 10.00 Å². The Hall–Kier alpha value is -1.58. The summed E-state index contributed by atoms with van der Waals surface area (Å²) in [7, 11) is 0. The summed E-state index contributed by atoms with van der Waals surface area (Å²) in [5.74, 6) is 0.587. The van der Waals surface area contributed by atoms with Crippen LogP contribution in [0.25, 0.3) is 0 Å². The molecule has 1 amide bonds. The van der Waals surface area contributed by atoms with Crippen LogP contribution in [0.15, 0.2) is 11.4 Å². The van der Waals surface area contributed by atoms with Crippen LogP contribution in [0.3, 0.4) is 0 Å². The third kappa shape index (κ3) is 5.85. The molecule has 0 radical (unpaired) electrons. The molecule has 1 fully saturated rings. The zero-order chi connectivity index (χ0) is 16.9. The molecule has 0 saturated carbocycles. The summed E-state index contributed by atoms with van der Waals surface area (Å²) in [6, 6.07) is 4.09. The Labute approximate surface area is 142 Å². The van der Waals surface area contributed by atoms with Crippen molar-refractivity contribution in [3.63, 3.8) is 0 Å². The van der Waals surface area contributed by atoms with Gasteiger partial charge in [0.25, 0.3) is 0 Å². The van der Waals surface area contributed by atoms with Gasteiger partial charge < -0.3 is 15.0 Å². The number of hydrogen-bond acceptors (Lipinski definition) is 5. The van der Waals surface area contributed by atoms with Crippen molar-refractivity contribution in [2.24, 2.45) is 5.92 Å². The van der Waals surface area contributed by atoms with Crippen molar-refractivity contribution in [3.8, 4) is 6.07 Å². The Kier molecular flexibility index (Phi) is 6.03. The van der Waals surface area contributed by atoms with E-state index in [-0.39, 0.29) is 6.09 Å². The first kappa shape index (κ1) is 17.8. The molecule has 23 heavy (non-hydrogen) atoms. The number of ether oxygens (including phenoxy) is 1. The lowest BCUT2D eigenvalue weighted by Crippen LogP contribution is -2.43. The molecule has 0 atom stereocenters. The van der Waals surface area contributed by atoms with E-state index >= 15 is 0 Å². The average molecular weight is 335 g/mol. The highest BCUT2D eigenvalue weighted by Crippen LogP contribution is 2.20. The lowest BCUT2D eigenvalue weighted by atomic mass is 9.97. The highest BCUT2D eigenvalue weighted by Gasteiger charge is 2.26. The fourth-order valence-corrected chi connectivity index (χ4v) is 3.36. The summed E-state index contributed by atoms with van der Waals surface area (Å²) in [5.41, 5.74) is 0.302. The van der Waals surface area contributed by atoms with Crippen LogP contribution in [0, 0.1) is 17.2 Å². The largest absolute Gasteiger partial charge is 0.444 e. The SMILES string of the molecule is CC(C)(C)OC(=O)N1CCC(CNCc2cc(C#N)cs2)CC1. The first-order valence-electron chi connectivity index (χ1n) is 8.03. The standard InChI is InChI=1S/C17H25N3O2S/c1-17(2,3)22-16(21)20-6-4-13(5-7-20)10-19-11-15-8-14(9-18)12-23-15/h8,12-13,19H,4-7,10-11H2,1-3H3. The van der Waals surface area contributed by atoms with Gasteiger partial charge in [-0.25, -0.2) is 4.79 Å². The van der Waals surface area contributed by atoms with E-state index in [9.17, 15) is 4.79 Å². The monoisotopic (exact) mass is 335 g/mol. The normalized spacial score (nSPS) is 16.2. The highest BCUT2D eigenvalue weighted by atomic mass is 32.1. The zero-order valence-electron chi connectivity index (χ0n) is 14.1. The summed E-state index contributed by atoms with van der Waals surface area (Å²) in [6.07, 6.45) is 1.80. The molecular weight excluding hydrogens is 310 g/mol. The van der Waals surface area contributed by atoms with Crippen molar-refractivity contribution >= 4 is 17.4 Å². The van der Waals surface area contributed by atoms with Crippen LogP contribution in [0.4, 0.5) is 4.79 Å². The number of carbonyl (C=O) groups is 1. The summed E-state index contributed by atoms with van der Waals surface area (Å²) in [4.78, 5) is 15.0. The number of rotatable bonds is 4. The molecule has 0 spiro atoms. The number of carbonyl (C=O) groups excluding carboxylic acids is 1. The van der Waals surface area contributed by atoms with Gasteiger partial charge in [-0.05, 0) is 52.1 Å². The van der Waals surface area contributed by atoms with Crippen LogP contribution in [0.2, 0.25) is 0 Å². The molecule has 0 bridgehead atoms. The maximum absolute atomic E-state index is 12.0. The second-order valence-corrected chi connectivity index (χ2v) is 7.95. The van der Waals surface area contributed by atoms with E-state index < -0.39 is 5.60 Å². The zero-order valence-corrected chi connectivity index (χ0v) is 14.9. The third-order valence-corrected chi connectivity index (χ3v) is 4.72. The molecule has 0 aromatic carbocycles. The fraction of sp³-hybridized carbons (Fsp3) is 0.647. The Bertz CT molecular complexity index is 563. The minimum atomic E-state index is -0.432. The average Bonchev–Trinajstić information content (AvgIpc) is 2.94. The number of nitrogens with zero attached hydrogens (tertiary/aromatic N) is 2. The van der Waals surface area contributed by atoms with E-state index in [0.717, 1.165) is 44.6 Å². The maximum atomic E-state index is 12.0. The number of likely N-dealkylation sites (tertiary alicyclic amines) is 1. The van der Waals surface area contributed by atoms with E-state index in [2.05, 4.69) is 11.4 Å². The molecule has 1 aliphatic heterocycles. The number of thiophene rings is 1. The number of nitrogens with one attached hydrogen (secondary N) is 1. The van der Waals surface area contributed by atoms with Gasteiger partial charge >= 0.3 is 6.09 Å². The van der Waals surface area contributed by atoms with Gasteiger partial charge in [0, 0.05) is 29.9 Å². The summed E-state index contributed by atoms with van der Waals surface area (Å²) in [5, 5.41) is 14.2. The Morgan fingerprint density at radius 2 is 2.17 bits per heavy atom. The minimum absolute atomic E-state index is 0.202. The van der Waals surface area contributed by atoms with Gasteiger partial charge in [0.1, 0.15) is 11.7 Å². The van der Waals surface area contributed by atoms with Crippen LogP contribution in [-0.2, 0) is 11.3 Å².